The van der Waals surface area contributed by atoms with Gasteiger partial charge in [-0.25, -0.2) is 15.0 Å². The van der Waals surface area contributed by atoms with Gasteiger partial charge in [0.2, 0.25) is 0 Å². The number of amides is 1. The van der Waals surface area contributed by atoms with Crippen LogP contribution in [-0.2, 0) is 6.18 Å². The average molecular weight is 439 g/mol. The van der Waals surface area contributed by atoms with E-state index in [0.717, 1.165) is 25.1 Å². The lowest BCUT2D eigenvalue weighted by Crippen LogP contribution is -2.25. The van der Waals surface area contributed by atoms with E-state index in [1.807, 2.05) is 0 Å². The van der Waals surface area contributed by atoms with Crippen LogP contribution >= 0.6 is 0 Å². The molecule has 1 saturated carbocycles. The van der Waals surface area contributed by atoms with Gasteiger partial charge >= 0.3 is 6.18 Å². The molecule has 1 amide bonds. The SMILES string of the molecule is O=C(NC1CC1)c1ccc(Nc2cc3nc(-c4ccc(C(F)(F)F)nc4)[nH]c3cn2)nc1. The summed E-state index contributed by atoms with van der Waals surface area (Å²) in [7, 11) is 0. The molecule has 0 radical (unpaired) electrons. The van der Waals surface area contributed by atoms with Gasteiger partial charge in [0.15, 0.2) is 0 Å². The lowest BCUT2D eigenvalue weighted by atomic mass is 10.2. The Morgan fingerprint density at radius 1 is 1.00 bits per heavy atom. The maximum absolute atomic E-state index is 12.7. The van der Waals surface area contributed by atoms with Gasteiger partial charge in [-0.3, -0.25) is 9.78 Å². The van der Waals surface area contributed by atoms with Gasteiger partial charge in [0.05, 0.1) is 22.8 Å². The van der Waals surface area contributed by atoms with Crippen molar-refractivity contribution in [2.45, 2.75) is 25.1 Å². The van der Waals surface area contributed by atoms with Gasteiger partial charge in [-0.15, -0.1) is 0 Å². The maximum Gasteiger partial charge on any atom is 0.433 e. The largest absolute Gasteiger partial charge is 0.433 e. The molecular weight excluding hydrogens is 423 g/mol. The second-order valence-corrected chi connectivity index (χ2v) is 7.41. The molecule has 1 fully saturated rings. The lowest BCUT2D eigenvalue weighted by molar-refractivity contribution is -0.141. The summed E-state index contributed by atoms with van der Waals surface area (Å²) in [5.74, 6) is 1.21. The Morgan fingerprint density at radius 3 is 2.47 bits per heavy atom. The van der Waals surface area contributed by atoms with Crippen molar-refractivity contribution in [2.24, 2.45) is 0 Å². The van der Waals surface area contributed by atoms with E-state index in [1.54, 1.807) is 24.4 Å². The summed E-state index contributed by atoms with van der Waals surface area (Å²) < 4.78 is 38.1. The Morgan fingerprint density at radius 2 is 1.81 bits per heavy atom. The molecule has 0 spiro atoms. The summed E-state index contributed by atoms with van der Waals surface area (Å²) in [4.78, 5) is 31.5. The number of aromatic nitrogens is 5. The van der Waals surface area contributed by atoms with Gasteiger partial charge in [-0.1, -0.05) is 0 Å². The number of rotatable bonds is 5. The van der Waals surface area contributed by atoms with Crippen LogP contribution in [0.25, 0.3) is 22.4 Å². The Bertz CT molecular complexity index is 1280. The highest BCUT2D eigenvalue weighted by Crippen LogP contribution is 2.29. The zero-order valence-electron chi connectivity index (χ0n) is 16.4. The number of carbonyl (C=O) groups is 1. The number of aromatic amines is 1. The molecule has 4 aromatic rings. The maximum atomic E-state index is 12.7. The third kappa shape index (κ3) is 4.22. The highest BCUT2D eigenvalue weighted by Gasteiger charge is 2.32. The van der Waals surface area contributed by atoms with Gasteiger partial charge < -0.3 is 15.6 Å². The van der Waals surface area contributed by atoms with Crippen LogP contribution in [0.4, 0.5) is 24.8 Å². The zero-order chi connectivity index (χ0) is 22.3. The van der Waals surface area contributed by atoms with Crippen LogP contribution in [0.2, 0.25) is 0 Å². The predicted octanol–water partition coefficient (Wildman–Crippen LogP) is 4.07. The monoisotopic (exact) mass is 439 g/mol. The normalized spacial score (nSPS) is 13.8. The average Bonchev–Trinajstić information content (AvgIpc) is 3.49. The molecule has 0 unspecified atom stereocenters. The molecular formula is C21H16F3N7O. The van der Waals surface area contributed by atoms with E-state index in [9.17, 15) is 18.0 Å². The first-order valence-corrected chi connectivity index (χ1v) is 9.78. The molecule has 5 rings (SSSR count). The summed E-state index contributed by atoms with van der Waals surface area (Å²) in [6.07, 6.45) is 1.70. The summed E-state index contributed by atoms with van der Waals surface area (Å²) >= 11 is 0. The molecule has 4 heterocycles. The molecule has 0 atom stereocenters. The molecule has 3 N–H and O–H groups in total. The van der Waals surface area contributed by atoms with Crippen molar-refractivity contribution in [3.63, 3.8) is 0 Å². The molecule has 0 aliphatic heterocycles. The molecule has 0 bridgehead atoms. The summed E-state index contributed by atoms with van der Waals surface area (Å²) in [6.45, 7) is 0. The third-order valence-electron chi connectivity index (χ3n) is 4.89. The van der Waals surface area contributed by atoms with E-state index in [2.05, 4.69) is 35.6 Å². The van der Waals surface area contributed by atoms with Crippen molar-refractivity contribution >= 4 is 28.6 Å². The quantitative estimate of drug-likeness (QED) is 0.433. The molecule has 11 heteroatoms. The van der Waals surface area contributed by atoms with E-state index >= 15 is 0 Å². The number of H-pyrrole nitrogens is 1. The van der Waals surface area contributed by atoms with Gasteiger partial charge in [-0.05, 0) is 37.1 Å². The lowest BCUT2D eigenvalue weighted by Gasteiger charge is -2.06. The Hall–Kier alpha value is -4.02. The van der Waals surface area contributed by atoms with Crippen LogP contribution in [-0.4, -0.2) is 36.9 Å². The molecule has 1 aliphatic rings. The van der Waals surface area contributed by atoms with Crippen LogP contribution in [0.5, 0.6) is 0 Å². The Balaban J connectivity index is 1.32. The van der Waals surface area contributed by atoms with Crippen molar-refractivity contribution in [2.75, 3.05) is 5.32 Å². The van der Waals surface area contributed by atoms with Crippen LogP contribution in [0.1, 0.15) is 28.9 Å². The van der Waals surface area contributed by atoms with E-state index in [0.29, 0.717) is 39.6 Å². The van der Waals surface area contributed by atoms with E-state index in [4.69, 9.17) is 0 Å². The first kappa shape index (κ1) is 19.9. The molecule has 4 aromatic heterocycles. The number of fused-ring (bicyclic) bond motifs is 1. The van der Waals surface area contributed by atoms with Crippen LogP contribution < -0.4 is 10.6 Å². The van der Waals surface area contributed by atoms with Gasteiger partial charge in [0, 0.05) is 30.1 Å². The molecule has 0 saturated heterocycles. The first-order chi connectivity index (χ1) is 15.3. The minimum absolute atomic E-state index is 0.145. The van der Waals surface area contributed by atoms with E-state index < -0.39 is 11.9 Å². The smallest absolute Gasteiger partial charge is 0.349 e. The number of hydrogen-bond acceptors (Lipinski definition) is 6. The van der Waals surface area contributed by atoms with E-state index in [1.165, 1.54) is 12.3 Å². The van der Waals surface area contributed by atoms with Crippen molar-refractivity contribution in [3.8, 4) is 11.4 Å². The molecule has 0 aromatic carbocycles. The third-order valence-corrected chi connectivity index (χ3v) is 4.89. The molecule has 1 aliphatic carbocycles. The van der Waals surface area contributed by atoms with Crippen molar-refractivity contribution in [1.82, 2.24) is 30.2 Å². The van der Waals surface area contributed by atoms with Crippen LogP contribution in [0.3, 0.4) is 0 Å². The fourth-order valence-electron chi connectivity index (χ4n) is 3.05. The minimum atomic E-state index is -4.50. The Labute approximate surface area is 179 Å². The summed E-state index contributed by atoms with van der Waals surface area (Å²) in [6, 6.07) is 7.53. The predicted molar refractivity (Wildman–Crippen MR) is 110 cm³/mol. The van der Waals surface area contributed by atoms with Gasteiger partial charge in [0.25, 0.3) is 5.91 Å². The van der Waals surface area contributed by atoms with Crippen LogP contribution in [0, 0.1) is 0 Å². The van der Waals surface area contributed by atoms with Gasteiger partial charge in [0.1, 0.15) is 23.2 Å². The number of carbonyl (C=O) groups excluding carboxylic acids is 1. The highest BCUT2D eigenvalue weighted by molar-refractivity contribution is 5.94. The summed E-state index contributed by atoms with van der Waals surface area (Å²) in [5.41, 5.74) is 1.12. The highest BCUT2D eigenvalue weighted by atomic mass is 19.4. The van der Waals surface area contributed by atoms with Crippen LogP contribution in [0.15, 0.2) is 48.9 Å². The topological polar surface area (TPSA) is 108 Å². The molecule has 32 heavy (non-hydrogen) atoms. The fourth-order valence-corrected chi connectivity index (χ4v) is 3.05. The number of halogens is 3. The number of pyridine rings is 3. The number of hydrogen-bond donors (Lipinski definition) is 3. The molecule has 8 nitrogen and oxygen atoms in total. The first-order valence-electron chi connectivity index (χ1n) is 9.78. The number of alkyl halides is 3. The van der Waals surface area contributed by atoms with Gasteiger partial charge in [-0.2, -0.15) is 13.2 Å². The number of nitrogens with one attached hydrogen (secondary N) is 3. The fraction of sp³-hybridized carbons (Fsp3) is 0.190. The number of imidazole rings is 1. The number of anilines is 2. The Kier molecular flexibility index (Phi) is 4.72. The molecule has 162 valence electrons. The standard InChI is InChI=1S/C21H16F3N7O/c22-21(23,24)16-5-1-11(8-25-16)19-29-14-7-18(27-10-15(14)30-19)31-17-6-2-12(9-26-17)20(32)28-13-3-4-13/h1-2,5-10,13H,3-4H2,(H,28,32)(H,29,30)(H,26,27,31). The second-order valence-electron chi connectivity index (χ2n) is 7.41. The van der Waals surface area contributed by atoms with Crippen molar-refractivity contribution in [1.29, 1.82) is 0 Å². The van der Waals surface area contributed by atoms with Crippen molar-refractivity contribution < 1.29 is 18.0 Å². The minimum Gasteiger partial charge on any atom is -0.349 e. The zero-order valence-corrected chi connectivity index (χ0v) is 16.4. The second kappa shape index (κ2) is 7.59. The van der Waals surface area contributed by atoms with E-state index in [-0.39, 0.29) is 11.9 Å². The van der Waals surface area contributed by atoms with Crippen molar-refractivity contribution in [3.05, 3.63) is 60.2 Å². The summed E-state index contributed by atoms with van der Waals surface area (Å²) in [5, 5.41) is 5.95. The number of nitrogens with zero attached hydrogens (tertiary/aromatic N) is 4.